The van der Waals surface area contributed by atoms with E-state index in [0.29, 0.717) is 5.56 Å². The van der Waals surface area contributed by atoms with Gasteiger partial charge < -0.3 is 10.2 Å². The predicted molar refractivity (Wildman–Crippen MR) is 81.5 cm³/mol. The summed E-state index contributed by atoms with van der Waals surface area (Å²) in [6.45, 7) is 2.70. The minimum absolute atomic E-state index is 0.0438. The summed E-state index contributed by atoms with van der Waals surface area (Å²) < 4.78 is 25.9. The number of aliphatic hydroxyl groups is 2. The maximum atomic E-state index is 12.4. The summed E-state index contributed by atoms with van der Waals surface area (Å²) in [7, 11) is -2.42. The molecule has 21 heavy (non-hydrogen) atoms. The molecule has 0 atom stereocenters. The normalized spacial score (nSPS) is 12.1. The lowest BCUT2D eigenvalue weighted by atomic mass is 10.1. The first-order valence-electron chi connectivity index (χ1n) is 6.16. The van der Waals surface area contributed by atoms with E-state index in [-0.39, 0.29) is 23.1 Å². The first-order valence-corrected chi connectivity index (χ1v) is 7.98. The van der Waals surface area contributed by atoms with Gasteiger partial charge in [0.15, 0.2) is 0 Å². The predicted octanol–water partition coefficient (Wildman–Crippen LogP) is 1.08. The van der Waals surface area contributed by atoms with Gasteiger partial charge in [-0.2, -0.15) is 4.31 Å². The molecule has 0 spiro atoms. The highest BCUT2D eigenvalue weighted by Crippen LogP contribution is 2.25. The molecule has 7 heteroatoms. The quantitative estimate of drug-likeness (QED) is 0.809. The molecule has 0 bridgehead atoms. The number of hydrogen-bond acceptors (Lipinski definition) is 4. The van der Waals surface area contributed by atoms with E-state index < -0.39 is 15.6 Å². The van der Waals surface area contributed by atoms with E-state index >= 15 is 0 Å². The molecule has 0 aromatic heterocycles. The van der Waals surface area contributed by atoms with E-state index in [9.17, 15) is 13.5 Å². The molecule has 0 fully saturated rings. The van der Waals surface area contributed by atoms with Crippen molar-refractivity contribution in [3.63, 3.8) is 0 Å². The average molecular weight is 332 g/mol. The second-order valence-corrected chi connectivity index (χ2v) is 7.60. The summed E-state index contributed by atoms with van der Waals surface area (Å²) in [5.41, 5.74) is -0.640. The fraction of sp³-hybridized carbons (Fsp3) is 0.429. The highest BCUT2D eigenvalue weighted by molar-refractivity contribution is 7.89. The number of nitrogens with zero attached hydrogens (tertiary/aromatic N) is 1. The van der Waals surface area contributed by atoms with E-state index in [0.717, 1.165) is 4.31 Å². The van der Waals surface area contributed by atoms with Gasteiger partial charge in [0.2, 0.25) is 10.0 Å². The maximum absolute atomic E-state index is 12.4. The molecule has 0 aliphatic heterocycles. The first-order chi connectivity index (χ1) is 9.58. The van der Waals surface area contributed by atoms with Gasteiger partial charge in [-0.05, 0) is 32.0 Å². The molecular weight excluding hydrogens is 314 g/mol. The second-order valence-electron chi connectivity index (χ2n) is 5.18. The third-order valence-electron chi connectivity index (χ3n) is 2.54. The number of likely N-dealkylation sites (N-methyl/N-ethyl adjacent to an activating group) is 1. The summed E-state index contributed by atoms with van der Waals surface area (Å²) in [6.07, 6.45) is 0. The summed E-state index contributed by atoms with van der Waals surface area (Å²) in [6, 6.07) is 4.30. The molecule has 0 aliphatic carbocycles. The van der Waals surface area contributed by atoms with Crippen LogP contribution >= 0.6 is 11.6 Å². The van der Waals surface area contributed by atoms with Gasteiger partial charge in [0.1, 0.15) is 11.5 Å². The molecule has 0 amide bonds. The van der Waals surface area contributed by atoms with Gasteiger partial charge in [-0.25, -0.2) is 8.42 Å². The number of hydrogen-bond donors (Lipinski definition) is 2. The topological polar surface area (TPSA) is 77.8 Å². The van der Waals surface area contributed by atoms with E-state index in [1.54, 1.807) is 0 Å². The maximum Gasteiger partial charge on any atom is 0.244 e. The van der Waals surface area contributed by atoms with E-state index in [1.165, 1.54) is 39.1 Å². The Kier molecular flexibility index (Phi) is 5.79. The van der Waals surface area contributed by atoms with Crippen molar-refractivity contribution in [1.82, 2.24) is 4.31 Å². The van der Waals surface area contributed by atoms with Crippen molar-refractivity contribution >= 4 is 21.6 Å². The van der Waals surface area contributed by atoms with Crippen LogP contribution in [0.25, 0.3) is 0 Å². The Morgan fingerprint density at radius 1 is 1.38 bits per heavy atom. The van der Waals surface area contributed by atoms with Gasteiger partial charge in [0.05, 0.1) is 10.6 Å². The molecule has 1 aromatic rings. The Bertz CT molecular complexity index is 668. The molecule has 0 heterocycles. The van der Waals surface area contributed by atoms with Crippen LogP contribution in [0.4, 0.5) is 0 Å². The van der Waals surface area contributed by atoms with Crippen molar-refractivity contribution in [3.05, 3.63) is 28.8 Å². The van der Waals surface area contributed by atoms with Crippen LogP contribution in [0.1, 0.15) is 19.4 Å². The van der Waals surface area contributed by atoms with Crippen LogP contribution in [0.15, 0.2) is 23.1 Å². The standard InChI is InChI=1S/C14H18ClNO4S/c1-14(2,18)10-16(3)21(19,20)13-7-6-11(5-4-8-17)9-12(13)15/h6-7,9,17-18H,8,10H2,1-3H3. The van der Waals surface area contributed by atoms with Gasteiger partial charge in [-0.3, -0.25) is 0 Å². The van der Waals surface area contributed by atoms with Crippen LogP contribution < -0.4 is 0 Å². The fourth-order valence-electron chi connectivity index (χ4n) is 1.73. The monoisotopic (exact) mass is 331 g/mol. The number of benzene rings is 1. The average Bonchev–Trinajstić information content (AvgIpc) is 2.34. The highest BCUT2D eigenvalue weighted by atomic mass is 35.5. The zero-order valence-corrected chi connectivity index (χ0v) is 13.7. The van der Waals surface area contributed by atoms with Gasteiger partial charge >= 0.3 is 0 Å². The van der Waals surface area contributed by atoms with Crippen LogP contribution in [0.2, 0.25) is 5.02 Å². The first kappa shape index (κ1) is 18.0. The number of aliphatic hydroxyl groups excluding tert-OH is 1. The Morgan fingerprint density at radius 2 is 2.00 bits per heavy atom. The Balaban J connectivity index is 3.15. The summed E-state index contributed by atoms with van der Waals surface area (Å²) >= 11 is 6.01. The molecule has 0 radical (unpaired) electrons. The Labute approximate surface area is 130 Å². The zero-order chi connectivity index (χ0) is 16.3. The van der Waals surface area contributed by atoms with Crippen LogP contribution in [-0.4, -0.2) is 48.7 Å². The Hall–Kier alpha value is -1.10. The smallest absolute Gasteiger partial charge is 0.244 e. The number of rotatable bonds is 4. The van der Waals surface area contributed by atoms with Gasteiger partial charge in [0, 0.05) is 19.2 Å². The molecule has 1 aromatic carbocycles. The Morgan fingerprint density at radius 3 is 2.48 bits per heavy atom. The fourth-order valence-corrected chi connectivity index (χ4v) is 3.57. The molecular formula is C14H18ClNO4S. The largest absolute Gasteiger partial charge is 0.389 e. The molecule has 0 unspecified atom stereocenters. The van der Waals surface area contributed by atoms with Gasteiger partial charge in [-0.15, -0.1) is 0 Å². The molecule has 2 N–H and O–H groups in total. The zero-order valence-electron chi connectivity index (χ0n) is 12.1. The number of sulfonamides is 1. The molecule has 5 nitrogen and oxygen atoms in total. The van der Waals surface area contributed by atoms with Crippen molar-refractivity contribution in [3.8, 4) is 11.8 Å². The summed E-state index contributed by atoms with van der Waals surface area (Å²) in [4.78, 5) is -0.0505. The van der Waals surface area contributed by atoms with Crippen molar-refractivity contribution in [1.29, 1.82) is 0 Å². The minimum Gasteiger partial charge on any atom is -0.389 e. The lowest BCUT2D eigenvalue weighted by Gasteiger charge is -2.25. The van der Waals surface area contributed by atoms with Crippen LogP contribution in [-0.2, 0) is 10.0 Å². The SMILES string of the molecule is CN(CC(C)(C)O)S(=O)(=O)c1ccc(C#CCO)cc1Cl. The van der Waals surface area contributed by atoms with Crippen LogP contribution in [0.3, 0.4) is 0 Å². The van der Waals surface area contributed by atoms with Crippen molar-refractivity contribution in [2.24, 2.45) is 0 Å². The lowest BCUT2D eigenvalue weighted by molar-refractivity contribution is 0.0640. The van der Waals surface area contributed by atoms with Crippen molar-refractivity contribution < 1.29 is 18.6 Å². The van der Waals surface area contributed by atoms with Crippen molar-refractivity contribution in [2.45, 2.75) is 24.3 Å². The summed E-state index contributed by atoms with van der Waals surface area (Å²) in [5, 5.41) is 18.4. The molecule has 116 valence electrons. The second kappa shape index (κ2) is 6.77. The summed E-state index contributed by atoms with van der Waals surface area (Å²) in [5.74, 6) is 5.11. The van der Waals surface area contributed by atoms with Crippen molar-refractivity contribution in [2.75, 3.05) is 20.2 Å². The third-order valence-corrected chi connectivity index (χ3v) is 4.83. The third kappa shape index (κ3) is 4.99. The van der Waals surface area contributed by atoms with E-state index in [4.69, 9.17) is 16.7 Å². The highest BCUT2D eigenvalue weighted by Gasteiger charge is 2.28. The van der Waals surface area contributed by atoms with Gasteiger partial charge in [-0.1, -0.05) is 23.4 Å². The van der Waals surface area contributed by atoms with E-state index in [1.807, 2.05) is 0 Å². The molecule has 0 aliphatic rings. The molecule has 1 rings (SSSR count). The van der Waals surface area contributed by atoms with Crippen LogP contribution in [0, 0.1) is 11.8 Å². The van der Waals surface area contributed by atoms with Gasteiger partial charge in [0.25, 0.3) is 0 Å². The minimum atomic E-state index is -3.80. The molecule has 0 saturated carbocycles. The van der Waals surface area contributed by atoms with Crippen LogP contribution in [0.5, 0.6) is 0 Å². The lowest BCUT2D eigenvalue weighted by Crippen LogP contribution is -2.39. The molecule has 0 saturated heterocycles. The number of halogens is 1. The van der Waals surface area contributed by atoms with E-state index in [2.05, 4.69) is 11.8 Å².